The van der Waals surface area contributed by atoms with Crippen molar-refractivity contribution in [2.45, 2.75) is 0 Å². The molecule has 0 bridgehead atoms. The summed E-state index contributed by atoms with van der Waals surface area (Å²) < 4.78 is 0. The van der Waals surface area contributed by atoms with E-state index in [1.165, 1.54) is 5.56 Å². The van der Waals surface area contributed by atoms with Gasteiger partial charge in [-0.2, -0.15) is 0 Å². The van der Waals surface area contributed by atoms with Gasteiger partial charge in [-0.25, -0.2) is 0 Å². The number of halogens is 1. The van der Waals surface area contributed by atoms with Crippen molar-refractivity contribution in [3.8, 4) is 0 Å². The third-order valence-corrected chi connectivity index (χ3v) is 3.17. The molecule has 18 heavy (non-hydrogen) atoms. The summed E-state index contributed by atoms with van der Waals surface area (Å²) in [5.41, 5.74) is 6.79. The molecule has 0 aromatic heterocycles. The number of hydrazine groups is 1. The van der Waals surface area contributed by atoms with Crippen molar-refractivity contribution in [2.24, 2.45) is 0 Å². The average Bonchev–Trinajstić information content (AvgIpc) is 2.89. The van der Waals surface area contributed by atoms with Crippen molar-refractivity contribution < 1.29 is 0 Å². The van der Waals surface area contributed by atoms with Gasteiger partial charge in [0.2, 0.25) is 0 Å². The number of rotatable bonds is 2. The third kappa shape index (κ3) is 2.20. The van der Waals surface area contributed by atoms with Crippen molar-refractivity contribution >= 4 is 23.0 Å². The number of anilines is 1. The molecule has 1 N–H and O–H groups in total. The summed E-state index contributed by atoms with van der Waals surface area (Å²) in [5, 5.41) is 2.83. The van der Waals surface area contributed by atoms with Gasteiger partial charge in [0.25, 0.3) is 0 Å². The van der Waals surface area contributed by atoms with E-state index in [-0.39, 0.29) is 0 Å². The molecule has 0 radical (unpaired) electrons. The molecule has 0 aliphatic carbocycles. The zero-order chi connectivity index (χ0) is 12.4. The van der Waals surface area contributed by atoms with Crippen molar-refractivity contribution in [1.29, 1.82) is 0 Å². The second-order valence-corrected chi connectivity index (χ2v) is 4.62. The highest BCUT2D eigenvalue weighted by Gasteiger charge is 2.14. The first-order chi connectivity index (χ1) is 8.83. The topological polar surface area (TPSA) is 15.3 Å². The quantitative estimate of drug-likeness (QED) is 0.881. The van der Waals surface area contributed by atoms with Gasteiger partial charge in [0.15, 0.2) is 0 Å². The minimum Gasteiger partial charge on any atom is -0.298 e. The number of nitrogens with one attached hydrogen (secondary N) is 1. The Kier molecular flexibility index (Phi) is 2.95. The van der Waals surface area contributed by atoms with Crippen molar-refractivity contribution in [2.75, 3.05) is 11.6 Å². The van der Waals surface area contributed by atoms with Crippen molar-refractivity contribution in [3.63, 3.8) is 0 Å². The fraction of sp³-hybridized carbons (Fsp3) is 0.0667. The van der Waals surface area contributed by atoms with Gasteiger partial charge in [-0.05, 0) is 29.8 Å². The maximum Gasteiger partial charge on any atom is 0.0598 e. The van der Waals surface area contributed by atoms with Crippen molar-refractivity contribution in [1.82, 2.24) is 5.43 Å². The smallest absolute Gasteiger partial charge is 0.0598 e. The van der Waals surface area contributed by atoms with E-state index in [4.69, 9.17) is 11.6 Å². The lowest BCUT2D eigenvalue weighted by molar-refractivity contribution is 0.852. The van der Waals surface area contributed by atoms with Gasteiger partial charge < -0.3 is 0 Å². The Morgan fingerprint density at radius 1 is 1.00 bits per heavy atom. The predicted molar refractivity (Wildman–Crippen MR) is 76.4 cm³/mol. The van der Waals surface area contributed by atoms with E-state index in [0.717, 1.165) is 23.0 Å². The largest absolute Gasteiger partial charge is 0.298 e. The summed E-state index contributed by atoms with van der Waals surface area (Å²) in [6.07, 6.45) is 2.18. The van der Waals surface area contributed by atoms with Gasteiger partial charge in [0, 0.05) is 5.02 Å². The Balaban J connectivity index is 1.79. The van der Waals surface area contributed by atoms with E-state index in [9.17, 15) is 0 Å². The fourth-order valence-corrected chi connectivity index (χ4v) is 2.22. The van der Waals surface area contributed by atoms with E-state index in [2.05, 4.69) is 28.6 Å². The molecular formula is C15H13ClN2. The molecule has 1 aliphatic rings. The summed E-state index contributed by atoms with van der Waals surface area (Å²) in [7, 11) is 0. The Bertz CT molecular complexity index is 578. The Morgan fingerprint density at radius 3 is 2.61 bits per heavy atom. The van der Waals surface area contributed by atoms with E-state index in [0.29, 0.717) is 0 Å². The molecule has 3 rings (SSSR count). The zero-order valence-electron chi connectivity index (χ0n) is 9.81. The van der Waals surface area contributed by atoms with E-state index in [1.54, 1.807) is 0 Å². The Labute approximate surface area is 111 Å². The zero-order valence-corrected chi connectivity index (χ0v) is 10.6. The summed E-state index contributed by atoms with van der Waals surface area (Å²) in [5.74, 6) is 0. The van der Waals surface area contributed by atoms with Crippen LogP contribution in [0.3, 0.4) is 0 Å². The molecule has 0 amide bonds. The van der Waals surface area contributed by atoms with Gasteiger partial charge in [-0.3, -0.25) is 10.4 Å². The van der Waals surface area contributed by atoms with Gasteiger partial charge >= 0.3 is 0 Å². The third-order valence-electron chi connectivity index (χ3n) is 2.94. The minimum absolute atomic E-state index is 0.752. The first-order valence-electron chi connectivity index (χ1n) is 5.88. The van der Waals surface area contributed by atoms with Gasteiger partial charge in [0.05, 0.1) is 17.9 Å². The fourth-order valence-electron chi connectivity index (χ4n) is 2.03. The number of benzene rings is 2. The van der Waals surface area contributed by atoms with Gasteiger partial charge in [-0.1, -0.05) is 48.0 Å². The lowest BCUT2D eigenvalue weighted by Gasteiger charge is -2.20. The standard InChI is InChI=1S/C15H13ClN2/c16-13-7-4-8-14(11-13)18-10-9-15(17-18)12-5-2-1-3-6-12/h1-9,11,17H,10H2. The summed E-state index contributed by atoms with van der Waals surface area (Å²) >= 11 is 6.01. The summed E-state index contributed by atoms with van der Waals surface area (Å²) in [4.78, 5) is 0. The molecule has 1 aliphatic heterocycles. The lowest BCUT2D eigenvalue weighted by Crippen LogP contribution is -2.31. The molecule has 2 aromatic rings. The van der Waals surface area contributed by atoms with Crippen LogP contribution in [0, 0.1) is 0 Å². The van der Waals surface area contributed by atoms with Crippen LogP contribution in [0.15, 0.2) is 60.7 Å². The van der Waals surface area contributed by atoms with Gasteiger partial charge in [-0.15, -0.1) is 0 Å². The molecule has 3 heteroatoms. The molecule has 0 atom stereocenters. The van der Waals surface area contributed by atoms with E-state index >= 15 is 0 Å². The normalized spacial score (nSPS) is 14.3. The second-order valence-electron chi connectivity index (χ2n) is 4.19. The van der Waals surface area contributed by atoms with Gasteiger partial charge in [0.1, 0.15) is 0 Å². The molecular weight excluding hydrogens is 244 g/mol. The Morgan fingerprint density at radius 2 is 1.83 bits per heavy atom. The molecule has 0 spiro atoms. The van der Waals surface area contributed by atoms with E-state index in [1.807, 2.05) is 42.5 Å². The molecule has 2 aromatic carbocycles. The molecule has 0 unspecified atom stereocenters. The first kappa shape index (κ1) is 11.2. The monoisotopic (exact) mass is 256 g/mol. The minimum atomic E-state index is 0.752. The van der Waals surface area contributed by atoms with E-state index < -0.39 is 0 Å². The first-order valence-corrected chi connectivity index (χ1v) is 6.26. The predicted octanol–water partition coefficient (Wildman–Crippen LogP) is 3.71. The highest BCUT2D eigenvalue weighted by atomic mass is 35.5. The second kappa shape index (κ2) is 4.75. The van der Waals surface area contributed by atoms with Crippen LogP contribution in [0.25, 0.3) is 5.70 Å². The molecule has 90 valence electrons. The highest BCUT2D eigenvalue weighted by molar-refractivity contribution is 6.30. The van der Waals surface area contributed by atoms with Crippen LogP contribution in [-0.2, 0) is 0 Å². The summed E-state index contributed by atoms with van der Waals surface area (Å²) in [6, 6.07) is 18.1. The lowest BCUT2D eigenvalue weighted by atomic mass is 10.2. The molecule has 1 heterocycles. The Hall–Kier alpha value is -1.93. The van der Waals surface area contributed by atoms with Crippen LogP contribution in [0.4, 0.5) is 5.69 Å². The van der Waals surface area contributed by atoms with Crippen LogP contribution >= 0.6 is 11.6 Å². The van der Waals surface area contributed by atoms with Crippen LogP contribution < -0.4 is 10.4 Å². The molecule has 0 saturated carbocycles. The maximum atomic E-state index is 6.01. The molecule has 2 nitrogen and oxygen atoms in total. The number of hydrogen-bond acceptors (Lipinski definition) is 2. The highest BCUT2D eigenvalue weighted by Crippen LogP contribution is 2.23. The summed E-state index contributed by atoms with van der Waals surface area (Å²) in [6.45, 7) is 0.838. The van der Waals surface area contributed by atoms with Crippen LogP contribution in [0.2, 0.25) is 5.02 Å². The number of hydrogen-bond donors (Lipinski definition) is 1. The average molecular weight is 257 g/mol. The number of nitrogens with zero attached hydrogens (tertiary/aromatic N) is 1. The maximum absolute atomic E-state index is 6.01. The van der Waals surface area contributed by atoms with Crippen LogP contribution in [0.1, 0.15) is 5.56 Å². The van der Waals surface area contributed by atoms with Crippen molar-refractivity contribution in [3.05, 3.63) is 71.3 Å². The molecule has 0 saturated heterocycles. The van der Waals surface area contributed by atoms with Crippen LogP contribution in [0.5, 0.6) is 0 Å². The SMILES string of the molecule is Clc1cccc(N2CC=C(c3ccccc3)N2)c1. The van der Waals surface area contributed by atoms with Crippen LogP contribution in [-0.4, -0.2) is 6.54 Å². The molecule has 0 fully saturated rings.